The summed E-state index contributed by atoms with van der Waals surface area (Å²) in [6, 6.07) is 5.74. The predicted molar refractivity (Wildman–Crippen MR) is 78.3 cm³/mol. The zero-order valence-corrected chi connectivity index (χ0v) is 12.1. The SMILES string of the molecule is COc1ccc(C(=O)O)cc1NC(=O)c1cc(Cl)cn1C. The van der Waals surface area contributed by atoms with Gasteiger partial charge in [-0.1, -0.05) is 11.6 Å². The van der Waals surface area contributed by atoms with E-state index in [0.717, 1.165) is 0 Å². The number of rotatable bonds is 4. The lowest BCUT2D eigenvalue weighted by atomic mass is 10.2. The van der Waals surface area contributed by atoms with Crippen LogP contribution in [-0.2, 0) is 7.05 Å². The van der Waals surface area contributed by atoms with Crippen LogP contribution >= 0.6 is 11.6 Å². The second-order valence-electron chi connectivity index (χ2n) is 4.33. The first kappa shape index (κ1) is 14.9. The van der Waals surface area contributed by atoms with E-state index in [1.807, 2.05) is 0 Å². The Labute approximate surface area is 125 Å². The van der Waals surface area contributed by atoms with Crippen molar-refractivity contribution in [3.63, 3.8) is 0 Å². The molecule has 2 rings (SSSR count). The predicted octanol–water partition coefficient (Wildman–Crippen LogP) is 2.64. The zero-order chi connectivity index (χ0) is 15.6. The molecule has 1 aromatic carbocycles. The number of aromatic nitrogens is 1. The molecule has 0 atom stereocenters. The maximum absolute atomic E-state index is 12.2. The van der Waals surface area contributed by atoms with E-state index in [4.69, 9.17) is 21.4 Å². The Kier molecular flexibility index (Phi) is 4.18. The quantitative estimate of drug-likeness (QED) is 0.910. The lowest BCUT2D eigenvalue weighted by molar-refractivity contribution is 0.0696. The van der Waals surface area contributed by atoms with Crippen molar-refractivity contribution >= 4 is 29.2 Å². The van der Waals surface area contributed by atoms with Gasteiger partial charge in [0.15, 0.2) is 0 Å². The number of aromatic carboxylic acids is 1. The van der Waals surface area contributed by atoms with Crippen molar-refractivity contribution < 1.29 is 19.4 Å². The molecule has 2 N–H and O–H groups in total. The third kappa shape index (κ3) is 3.17. The monoisotopic (exact) mass is 308 g/mol. The summed E-state index contributed by atoms with van der Waals surface area (Å²) in [5, 5.41) is 12.1. The second kappa shape index (κ2) is 5.88. The van der Waals surface area contributed by atoms with E-state index in [1.165, 1.54) is 31.4 Å². The number of carboxylic acids is 1. The number of hydrogen-bond donors (Lipinski definition) is 2. The number of anilines is 1. The molecule has 1 aromatic heterocycles. The number of nitrogens with one attached hydrogen (secondary N) is 1. The van der Waals surface area contributed by atoms with Gasteiger partial charge < -0.3 is 19.7 Å². The number of methoxy groups -OCH3 is 1. The van der Waals surface area contributed by atoms with Gasteiger partial charge in [-0.2, -0.15) is 0 Å². The van der Waals surface area contributed by atoms with Gasteiger partial charge in [-0.3, -0.25) is 4.79 Å². The normalized spacial score (nSPS) is 10.2. The van der Waals surface area contributed by atoms with E-state index in [9.17, 15) is 9.59 Å². The lowest BCUT2D eigenvalue weighted by Crippen LogP contribution is -2.16. The minimum absolute atomic E-state index is 0.0519. The molecular weight excluding hydrogens is 296 g/mol. The highest BCUT2D eigenvalue weighted by Crippen LogP contribution is 2.26. The van der Waals surface area contributed by atoms with Crippen molar-refractivity contribution in [1.29, 1.82) is 0 Å². The van der Waals surface area contributed by atoms with E-state index in [1.54, 1.807) is 17.8 Å². The third-order valence-electron chi connectivity index (χ3n) is 2.90. The summed E-state index contributed by atoms with van der Waals surface area (Å²) in [7, 11) is 3.12. The van der Waals surface area contributed by atoms with Gasteiger partial charge in [0.25, 0.3) is 5.91 Å². The Hall–Kier alpha value is -2.47. The molecule has 0 aliphatic rings. The summed E-state index contributed by atoms with van der Waals surface area (Å²) < 4.78 is 6.69. The van der Waals surface area contributed by atoms with Gasteiger partial charge in [0.05, 0.1) is 23.4 Å². The summed E-state index contributed by atoms with van der Waals surface area (Å²) >= 11 is 5.83. The minimum atomic E-state index is -1.09. The number of ether oxygens (including phenoxy) is 1. The smallest absolute Gasteiger partial charge is 0.335 e. The van der Waals surface area contributed by atoms with Crippen LogP contribution < -0.4 is 10.1 Å². The lowest BCUT2D eigenvalue weighted by Gasteiger charge is -2.11. The maximum Gasteiger partial charge on any atom is 0.335 e. The number of amides is 1. The molecule has 7 heteroatoms. The van der Waals surface area contributed by atoms with E-state index >= 15 is 0 Å². The largest absolute Gasteiger partial charge is 0.495 e. The summed E-state index contributed by atoms with van der Waals surface area (Å²) in [4.78, 5) is 23.2. The van der Waals surface area contributed by atoms with Crippen LogP contribution in [0.5, 0.6) is 5.75 Å². The molecule has 21 heavy (non-hydrogen) atoms. The van der Waals surface area contributed by atoms with Crippen LogP contribution in [-0.4, -0.2) is 28.7 Å². The topological polar surface area (TPSA) is 80.6 Å². The molecule has 2 aromatic rings. The molecule has 0 fully saturated rings. The van der Waals surface area contributed by atoms with Crippen LogP contribution in [0, 0.1) is 0 Å². The molecular formula is C14H13ClN2O4. The average molecular weight is 309 g/mol. The molecule has 0 unspecified atom stereocenters. The van der Waals surface area contributed by atoms with E-state index in [-0.39, 0.29) is 11.3 Å². The number of carbonyl (C=O) groups excluding carboxylic acids is 1. The van der Waals surface area contributed by atoms with Crippen LogP contribution in [0.15, 0.2) is 30.5 Å². The van der Waals surface area contributed by atoms with Gasteiger partial charge in [-0.05, 0) is 24.3 Å². The first-order valence-corrected chi connectivity index (χ1v) is 6.34. The molecule has 0 aliphatic carbocycles. The number of benzene rings is 1. The van der Waals surface area contributed by atoms with Crippen LogP contribution in [0.1, 0.15) is 20.8 Å². The fourth-order valence-corrected chi connectivity index (χ4v) is 2.12. The van der Waals surface area contributed by atoms with Crippen molar-refractivity contribution in [2.45, 2.75) is 0 Å². The Morgan fingerprint density at radius 3 is 2.57 bits per heavy atom. The summed E-state index contributed by atoms with van der Waals surface area (Å²) in [6.07, 6.45) is 1.60. The Balaban J connectivity index is 2.33. The van der Waals surface area contributed by atoms with Gasteiger partial charge in [-0.25, -0.2) is 4.79 Å². The van der Waals surface area contributed by atoms with Crippen molar-refractivity contribution in [1.82, 2.24) is 4.57 Å². The fourth-order valence-electron chi connectivity index (χ4n) is 1.87. The summed E-state index contributed by atoms with van der Waals surface area (Å²) in [6.45, 7) is 0. The van der Waals surface area contributed by atoms with Gasteiger partial charge in [-0.15, -0.1) is 0 Å². The molecule has 0 spiro atoms. The standard InChI is InChI=1S/C14H13ClN2O4/c1-17-7-9(15)6-11(17)13(18)16-10-5-8(14(19)20)3-4-12(10)21-2/h3-7H,1-2H3,(H,16,18)(H,19,20). The highest BCUT2D eigenvalue weighted by Gasteiger charge is 2.15. The number of carbonyl (C=O) groups is 2. The number of nitrogens with zero attached hydrogens (tertiary/aromatic N) is 1. The number of aryl methyl sites for hydroxylation is 1. The number of hydrogen-bond acceptors (Lipinski definition) is 3. The van der Waals surface area contributed by atoms with Gasteiger partial charge in [0.2, 0.25) is 0 Å². The zero-order valence-electron chi connectivity index (χ0n) is 11.4. The highest BCUT2D eigenvalue weighted by molar-refractivity contribution is 6.31. The second-order valence-corrected chi connectivity index (χ2v) is 4.77. The van der Waals surface area contributed by atoms with E-state index in [2.05, 4.69) is 5.32 Å². The Morgan fingerprint density at radius 2 is 2.05 bits per heavy atom. The minimum Gasteiger partial charge on any atom is -0.495 e. The number of halogens is 1. The van der Waals surface area contributed by atoms with Gasteiger partial charge >= 0.3 is 5.97 Å². The van der Waals surface area contributed by atoms with Crippen molar-refractivity contribution in [2.24, 2.45) is 7.05 Å². The first-order valence-electron chi connectivity index (χ1n) is 5.97. The highest BCUT2D eigenvalue weighted by atomic mass is 35.5. The summed E-state index contributed by atoms with van der Waals surface area (Å²) in [5.74, 6) is -1.13. The van der Waals surface area contributed by atoms with Crippen molar-refractivity contribution in [3.8, 4) is 5.75 Å². The summed E-state index contributed by atoms with van der Waals surface area (Å²) in [5.41, 5.74) is 0.679. The maximum atomic E-state index is 12.2. The number of carboxylic acid groups (broad SMARTS) is 1. The average Bonchev–Trinajstić information content (AvgIpc) is 2.77. The van der Waals surface area contributed by atoms with Crippen LogP contribution in [0.25, 0.3) is 0 Å². The molecule has 0 radical (unpaired) electrons. The molecule has 110 valence electrons. The fraction of sp³-hybridized carbons (Fsp3) is 0.143. The van der Waals surface area contributed by atoms with Crippen LogP contribution in [0.2, 0.25) is 5.02 Å². The Morgan fingerprint density at radius 1 is 1.33 bits per heavy atom. The molecule has 0 saturated heterocycles. The first-order chi connectivity index (χ1) is 9.92. The third-order valence-corrected chi connectivity index (χ3v) is 3.11. The molecule has 0 saturated carbocycles. The molecule has 6 nitrogen and oxygen atoms in total. The van der Waals surface area contributed by atoms with Crippen molar-refractivity contribution in [3.05, 3.63) is 46.7 Å². The molecule has 1 amide bonds. The van der Waals surface area contributed by atoms with E-state index < -0.39 is 11.9 Å². The van der Waals surface area contributed by atoms with Gasteiger partial charge in [0, 0.05) is 13.2 Å². The Bertz CT molecular complexity index is 709. The molecule has 0 aliphatic heterocycles. The van der Waals surface area contributed by atoms with E-state index in [0.29, 0.717) is 16.5 Å². The van der Waals surface area contributed by atoms with Crippen LogP contribution in [0.3, 0.4) is 0 Å². The van der Waals surface area contributed by atoms with Crippen molar-refractivity contribution in [2.75, 3.05) is 12.4 Å². The molecule has 0 bridgehead atoms. The van der Waals surface area contributed by atoms with Gasteiger partial charge in [0.1, 0.15) is 11.4 Å². The van der Waals surface area contributed by atoms with Crippen LogP contribution in [0.4, 0.5) is 5.69 Å². The molecule has 1 heterocycles.